The van der Waals surface area contributed by atoms with Gasteiger partial charge < -0.3 is 5.32 Å². The van der Waals surface area contributed by atoms with E-state index in [2.05, 4.69) is 15.3 Å². The van der Waals surface area contributed by atoms with Crippen LogP contribution >= 0.6 is 0 Å². The molecule has 2 heterocycles. The van der Waals surface area contributed by atoms with Gasteiger partial charge >= 0.3 is 0 Å². The molecule has 0 amide bonds. The molecule has 2 aromatic rings. The Bertz CT molecular complexity index is 575. The Balaban J connectivity index is 1.90. The van der Waals surface area contributed by atoms with Gasteiger partial charge in [0.25, 0.3) is 0 Å². The Morgan fingerprint density at radius 2 is 2.21 bits per heavy atom. The second-order valence-electron chi connectivity index (χ2n) is 4.83. The molecule has 0 radical (unpaired) electrons. The summed E-state index contributed by atoms with van der Waals surface area (Å²) in [6, 6.07) is 2.30. The molecule has 0 atom stereocenters. The van der Waals surface area contributed by atoms with E-state index in [1.54, 1.807) is 29.2 Å². The van der Waals surface area contributed by atoms with Crippen molar-refractivity contribution in [2.24, 2.45) is 0 Å². The average molecular weight is 260 g/mol. The van der Waals surface area contributed by atoms with Crippen LogP contribution < -0.4 is 5.32 Å². The zero-order chi connectivity index (χ0) is 13.2. The van der Waals surface area contributed by atoms with Crippen molar-refractivity contribution in [2.45, 2.75) is 38.8 Å². The third-order valence-corrected chi connectivity index (χ3v) is 3.37. The van der Waals surface area contributed by atoms with Crippen LogP contribution in [0, 0.1) is 5.82 Å². The van der Waals surface area contributed by atoms with Gasteiger partial charge in [-0.05, 0) is 18.9 Å². The zero-order valence-corrected chi connectivity index (χ0v) is 10.9. The van der Waals surface area contributed by atoms with Gasteiger partial charge in [0.1, 0.15) is 5.82 Å². The summed E-state index contributed by atoms with van der Waals surface area (Å²) in [5.74, 6) is 0.895. The monoisotopic (exact) mass is 260 g/mol. The molecule has 2 aromatic heterocycles. The molecule has 3 rings (SSSR count). The highest BCUT2D eigenvalue weighted by molar-refractivity contribution is 5.32. The van der Waals surface area contributed by atoms with E-state index in [1.807, 2.05) is 6.92 Å². The molecule has 5 heteroatoms. The highest BCUT2D eigenvalue weighted by atomic mass is 19.1. The third-order valence-electron chi connectivity index (χ3n) is 3.37. The number of hydrogen-bond acceptors (Lipinski definition) is 3. The fraction of sp³-hybridized carbons (Fsp3) is 0.429. The van der Waals surface area contributed by atoms with Crippen molar-refractivity contribution in [3.05, 3.63) is 41.9 Å². The number of hydrogen-bond donors (Lipinski definition) is 1. The number of nitrogens with one attached hydrogen (secondary N) is 1. The maximum absolute atomic E-state index is 14.5. The number of rotatable bonds is 5. The largest absolute Gasteiger partial charge is 0.310 e. The predicted octanol–water partition coefficient (Wildman–Crippen LogP) is 2.22. The molecule has 1 fully saturated rings. The molecule has 0 aromatic carbocycles. The molecular formula is C14H17FN4. The van der Waals surface area contributed by atoms with Gasteiger partial charge in [-0.1, -0.05) is 6.92 Å². The first-order valence-electron chi connectivity index (χ1n) is 6.69. The van der Waals surface area contributed by atoms with E-state index in [0.717, 1.165) is 12.2 Å². The third kappa shape index (κ3) is 2.51. The summed E-state index contributed by atoms with van der Waals surface area (Å²) in [4.78, 5) is 8.36. The number of imidazole rings is 1. The first kappa shape index (κ1) is 12.3. The molecule has 19 heavy (non-hydrogen) atoms. The van der Waals surface area contributed by atoms with Crippen LogP contribution in [0.1, 0.15) is 31.2 Å². The topological polar surface area (TPSA) is 42.7 Å². The van der Waals surface area contributed by atoms with E-state index in [1.165, 1.54) is 12.8 Å². The molecule has 0 aliphatic heterocycles. The minimum atomic E-state index is -0.261. The molecular weight excluding hydrogens is 243 g/mol. The molecule has 1 N–H and O–H groups in total. The minimum Gasteiger partial charge on any atom is -0.310 e. The van der Waals surface area contributed by atoms with E-state index in [4.69, 9.17) is 0 Å². The van der Waals surface area contributed by atoms with Crippen LogP contribution in [0.3, 0.4) is 0 Å². The maximum Gasteiger partial charge on any atom is 0.174 e. The molecule has 1 aliphatic rings. The molecule has 0 spiro atoms. The smallest absolute Gasteiger partial charge is 0.174 e. The van der Waals surface area contributed by atoms with Crippen molar-refractivity contribution in [1.82, 2.24) is 19.9 Å². The Morgan fingerprint density at radius 3 is 2.95 bits per heavy atom. The Morgan fingerprint density at radius 1 is 1.37 bits per heavy atom. The van der Waals surface area contributed by atoms with Gasteiger partial charge in [0.2, 0.25) is 0 Å². The van der Waals surface area contributed by atoms with Crippen LogP contribution in [0.5, 0.6) is 0 Å². The van der Waals surface area contributed by atoms with Crippen LogP contribution in [-0.4, -0.2) is 20.6 Å². The molecule has 1 saturated carbocycles. The van der Waals surface area contributed by atoms with Crippen LogP contribution in [-0.2, 0) is 13.0 Å². The fourth-order valence-corrected chi connectivity index (χ4v) is 2.11. The molecule has 0 bridgehead atoms. The predicted molar refractivity (Wildman–Crippen MR) is 70.6 cm³/mol. The summed E-state index contributed by atoms with van der Waals surface area (Å²) < 4.78 is 16.2. The number of halogens is 1. The lowest BCUT2D eigenvalue weighted by Crippen LogP contribution is -2.17. The van der Waals surface area contributed by atoms with E-state index in [9.17, 15) is 4.39 Å². The van der Waals surface area contributed by atoms with Crippen LogP contribution in [0.25, 0.3) is 5.82 Å². The van der Waals surface area contributed by atoms with Gasteiger partial charge in [-0.25, -0.2) is 14.4 Å². The normalized spacial score (nSPS) is 14.8. The zero-order valence-electron chi connectivity index (χ0n) is 10.9. The molecule has 0 unspecified atom stereocenters. The van der Waals surface area contributed by atoms with Gasteiger partial charge in [0.15, 0.2) is 11.6 Å². The number of pyridine rings is 1. The second kappa shape index (κ2) is 5.09. The Kier molecular flexibility index (Phi) is 3.29. The standard InChI is InChI=1S/C14H17FN4/c1-2-12-16-7-8-19(12)14-13(15)10(5-6-17-14)9-18-11-3-4-11/h5-8,11,18H,2-4,9H2,1H3. The number of aromatic nitrogens is 3. The van der Waals surface area contributed by atoms with Crippen molar-refractivity contribution < 1.29 is 4.39 Å². The minimum absolute atomic E-state index is 0.261. The number of nitrogens with zero attached hydrogens (tertiary/aromatic N) is 3. The molecule has 4 nitrogen and oxygen atoms in total. The van der Waals surface area contributed by atoms with Crippen LogP contribution in [0.4, 0.5) is 4.39 Å². The van der Waals surface area contributed by atoms with Gasteiger partial charge in [-0.15, -0.1) is 0 Å². The van der Waals surface area contributed by atoms with Gasteiger partial charge in [0, 0.05) is 43.2 Å². The SMILES string of the molecule is CCc1nccn1-c1nccc(CNC2CC2)c1F. The lowest BCUT2D eigenvalue weighted by Gasteiger charge is -2.10. The van der Waals surface area contributed by atoms with Gasteiger partial charge in [-0.3, -0.25) is 4.57 Å². The first-order valence-corrected chi connectivity index (χ1v) is 6.69. The summed E-state index contributed by atoms with van der Waals surface area (Å²) in [5.41, 5.74) is 0.660. The Labute approximate surface area is 111 Å². The summed E-state index contributed by atoms with van der Waals surface area (Å²) >= 11 is 0. The quantitative estimate of drug-likeness (QED) is 0.896. The highest BCUT2D eigenvalue weighted by Gasteiger charge is 2.21. The fourth-order valence-electron chi connectivity index (χ4n) is 2.11. The number of aryl methyl sites for hydroxylation is 1. The van der Waals surface area contributed by atoms with Gasteiger partial charge in [-0.2, -0.15) is 0 Å². The van der Waals surface area contributed by atoms with E-state index >= 15 is 0 Å². The summed E-state index contributed by atoms with van der Waals surface area (Å²) in [6.45, 7) is 2.55. The Hall–Kier alpha value is -1.75. The van der Waals surface area contributed by atoms with Gasteiger partial charge in [0.05, 0.1) is 0 Å². The van der Waals surface area contributed by atoms with Crippen LogP contribution in [0.2, 0.25) is 0 Å². The van der Waals surface area contributed by atoms with Crippen molar-refractivity contribution in [2.75, 3.05) is 0 Å². The molecule has 1 aliphatic carbocycles. The highest BCUT2D eigenvalue weighted by Crippen LogP contribution is 2.21. The maximum atomic E-state index is 14.5. The molecule has 100 valence electrons. The van der Waals surface area contributed by atoms with Crippen molar-refractivity contribution in [3.8, 4) is 5.82 Å². The van der Waals surface area contributed by atoms with E-state index in [-0.39, 0.29) is 5.82 Å². The molecule has 0 saturated heterocycles. The first-order chi connectivity index (χ1) is 9.29. The van der Waals surface area contributed by atoms with E-state index in [0.29, 0.717) is 24.0 Å². The summed E-state index contributed by atoms with van der Waals surface area (Å²) in [5, 5.41) is 3.32. The van der Waals surface area contributed by atoms with Crippen molar-refractivity contribution in [1.29, 1.82) is 0 Å². The lowest BCUT2D eigenvalue weighted by atomic mass is 10.2. The second-order valence-corrected chi connectivity index (χ2v) is 4.83. The average Bonchev–Trinajstić information content (AvgIpc) is 3.13. The lowest BCUT2D eigenvalue weighted by molar-refractivity contribution is 0.570. The van der Waals surface area contributed by atoms with Crippen molar-refractivity contribution in [3.63, 3.8) is 0 Å². The van der Waals surface area contributed by atoms with Crippen LogP contribution in [0.15, 0.2) is 24.7 Å². The summed E-state index contributed by atoms with van der Waals surface area (Å²) in [7, 11) is 0. The van der Waals surface area contributed by atoms with Crippen molar-refractivity contribution >= 4 is 0 Å². The van der Waals surface area contributed by atoms with E-state index < -0.39 is 0 Å². The summed E-state index contributed by atoms with van der Waals surface area (Å²) in [6.07, 6.45) is 8.22.